The number of halogens is 1. The Balaban J connectivity index is 2.08. The van der Waals surface area contributed by atoms with Gasteiger partial charge in [0.1, 0.15) is 6.61 Å². The van der Waals surface area contributed by atoms with E-state index in [0.717, 1.165) is 29.4 Å². The molecule has 2 aromatic rings. The zero-order valence-corrected chi connectivity index (χ0v) is 12.5. The van der Waals surface area contributed by atoms with Crippen LogP contribution in [0.5, 0.6) is 0 Å². The van der Waals surface area contributed by atoms with Crippen molar-refractivity contribution in [3.05, 3.63) is 34.5 Å². The number of hydrogen-bond donors (Lipinski definition) is 2. The number of nitrogens with one attached hydrogen (secondary N) is 1. The minimum absolute atomic E-state index is 0.105. The summed E-state index contributed by atoms with van der Waals surface area (Å²) >= 11 is 6.09. The second kappa shape index (κ2) is 6.34. The summed E-state index contributed by atoms with van der Waals surface area (Å²) in [6.07, 6.45) is 4.46. The molecule has 1 heterocycles. The Morgan fingerprint density at radius 3 is 2.95 bits per heavy atom. The Labute approximate surface area is 129 Å². The van der Waals surface area contributed by atoms with Gasteiger partial charge in [0.05, 0.1) is 12.1 Å². The highest BCUT2D eigenvalue weighted by molar-refractivity contribution is 6.31. The molecule has 0 bridgehead atoms. The minimum atomic E-state index is -0.105. The van der Waals surface area contributed by atoms with Crippen LogP contribution in [-0.4, -0.2) is 23.2 Å². The Morgan fingerprint density at radius 1 is 1.24 bits per heavy atom. The molecule has 0 unspecified atom stereocenters. The molecule has 0 amide bonds. The van der Waals surface area contributed by atoms with Crippen molar-refractivity contribution in [1.82, 2.24) is 4.98 Å². The number of rotatable bonds is 2. The first-order chi connectivity index (χ1) is 10.3. The van der Waals surface area contributed by atoms with Crippen LogP contribution in [0.1, 0.15) is 24.1 Å². The highest BCUT2D eigenvalue weighted by Gasteiger charge is 2.17. The van der Waals surface area contributed by atoms with E-state index in [-0.39, 0.29) is 6.61 Å². The lowest BCUT2D eigenvalue weighted by atomic mass is 9.92. The van der Waals surface area contributed by atoms with E-state index in [0.29, 0.717) is 11.6 Å². The molecule has 3 nitrogen and oxygen atoms in total. The van der Waals surface area contributed by atoms with E-state index in [1.807, 2.05) is 18.2 Å². The van der Waals surface area contributed by atoms with Gasteiger partial charge in [0.2, 0.25) is 0 Å². The number of anilines is 1. The predicted octanol–water partition coefficient (Wildman–Crippen LogP) is 3.17. The third-order valence-electron chi connectivity index (χ3n) is 3.78. The van der Waals surface area contributed by atoms with Gasteiger partial charge in [-0.25, -0.2) is 0 Å². The summed E-state index contributed by atoms with van der Waals surface area (Å²) in [5, 5.41) is 13.9. The van der Waals surface area contributed by atoms with Gasteiger partial charge in [-0.1, -0.05) is 23.4 Å². The molecule has 0 saturated heterocycles. The van der Waals surface area contributed by atoms with Crippen molar-refractivity contribution in [1.29, 1.82) is 0 Å². The van der Waals surface area contributed by atoms with Crippen LogP contribution in [0.3, 0.4) is 0 Å². The van der Waals surface area contributed by atoms with Gasteiger partial charge in [0.15, 0.2) is 0 Å². The molecular formula is C17H17ClN2O. The number of hydrogen-bond acceptors (Lipinski definition) is 3. The molecule has 3 rings (SSSR count). The fraction of sp³-hybridized carbons (Fsp3) is 0.353. The molecule has 108 valence electrons. The van der Waals surface area contributed by atoms with Crippen molar-refractivity contribution in [3.8, 4) is 11.8 Å². The van der Waals surface area contributed by atoms with Gasteiger partial charge < -0.3 is 10.4 Å². The zero-order valence-electron chi connectivity index (χ0n) is 11.7. The molecule has 1 aromatic heterocycles. The number of pyridine rings is 1. The maximum atomic E-state index is 8.73. The SMILES string of the molecule is OCC#CCNc1c2c(nc3cc(Cl)ccc13)CCCC2. The smallest absolute Gasteiger partial charge is 0.104 e. The van der Waals surface area contributed by atoms with Crippen molar-refractivity contribution in [2.75, 3.05) is 18.5 Å². The second-order valence-corrected chi connectivity index (χ2v) is 5.58. The zero-order chi connectivity index (χ0) is 14.7. The summed E-state index contributed by atoms with van der Waals surface area (Å²) < 4.78 is 0. The van der Waals surface area contributed by atoms with Gasteiger partial charge in [-0.15, -0.1) is 0 Å². The number of aliphatic hydroxyl groups is 1. The Morgan fingerprint density at radius 2 is 2.10 bits per heavy atom. The number of nitrogens with zero attached hydrogens (tertiary/aromatic N) is 1. The van der Waals surface area contributed by atoms with Gasteiger partial charge in [-0.05, 0) is 49.4 Å². The van der Waals surface area contributed by atoms with Gasteiger partial charge in [-0.2, -0.15) is 0 Å². The standard InChI is InChI=1S/C17H17ClN2O/c18-12-7-8-14-16(11-12)20-15-6-2-1-5-13(15)17(14)19-9-3-4-10-21/h7-8,11,21H,1-2,5-6,9-10H2,(H,19,20). The van der Waals surface area contributed by atoms with E-state index in [9.17, 15) is 0 Å². The molecule has 0 fully saturated rings. The number of aryl methyl sites for hydroxylation is 1. The van der Waals surface area contributed by atoms with Crippen LogP contribution in [-0.2, 0) is 12.8 Å². The van der Waals surface area contributed by atoms with Gasteiger partial charge in [0, 0.05) is 21.8 Å². The molecule has 0 aliphatic heterocycles. The average molecular weight is 301 g/mol. The van der Waals surface area contributed by atoms with E-state index in [4.69, 9.17) is 21.7 Å². The maximum absolute atomic E-state index is 8.73. The van der Waals surface area contributed by atoms with Crippen molar-refractivity contribution in [2.24, 2.45) is 0 Å². The molecule has 1 aliphatic carbocycles. The van der Waals surface area contributed by atoms with E-state index in [1.54, 1.807) is 0 Å². The molecule has 1 aromatic carbocycles. The van der Waals surface area contributed by atoms with E-state index >= 15 is 0 Å². The molecule has 21 heavy (non-hydrogen) atoms. The third-order valence-corrected chi connectivity index (χ3v) is 4.02. The third kappa shape index (κ3) is 2.97. The van der Waals surface area contributed by atoms with Crippen LogP contribution < -0.4 is 5.32 Å². The lowest BCUT2D eigenvalue weighted by molar-refractivity contribution is 0.350. The van der Waals surface area contributed by atoms with Crippen molar-refractivity contribution in [2.45, 2.75) is 25.7 Å². The first-order valence-electron chi connectivity index (χ1n) is 7.21. The maximum Gasteiger partial charge on any atom is 0.104 e. The summed E-state index contributed by atoms with van der Waals surface area (Å²) in [4.78, 5) is 4.78. The van der Waals surface area contributed by atoms with Crippen molar-refractivity contribution in [3.63, 3.8) is 0 Å². The molecule has 0 spiro atoms. The number of aliphatic hydroxyl groups excluding tert-OH is 1. The molecular weight excluding hydrogens is 284 g/mol. The molecule has 1 aliphatic rings. The van der Waals surface area contributed by atoms with Crippen molar-refractivity contribution < 1.29 is 5.11 Å². The first-order valence-corrected chi connectivity index (χ1v) is 7.59. The minimum Gasteiger partial charge on any atom is -0.384 e. The van der Waals surface area contributed by atoms with Crippen LogP contribution in [0.2, 0.25) is 5.02 Å². The lowest BCUT2D eigenvalue weighted by Crippen LogP contribution is -2.11. The fourth-order valence-corrected chi connectivity index (χ4v) is 3.02. The highest BCUT2D eigenvalue weighted by Crippen LogP contribution is 2.34. The molecule has 0 atom stereocenters. The van der Waals surface area contributed by atoms with Crippen LogP contribution in [0, 0.1) is 11.8 Å². The predicted molar refractivity (Wildman–Crippen MR) is 86.7 cm³/mol. The van der Waals surface area contributed by atoms with Gasteiger partial charge in [0.25, 0.3) is 0 Å². The second-order valence-electron chi connectivity index (χ2n) is 5.15. The summed E-state index contributed by atoms with van der Waals surface area (Å²) in [6.45, 7) is 0.418. The topological polar surface area (TPSA) is 45.1 Å². The highest BCUT2D eigenvalue weighted by atomic mass is 35.5. The summed E-state index contributed by atoms with van der Waals surface area (Å²) in [5.41, 5.74) is 4.54. The number of aromatic nitrogens is 1. The fourth-order valence-electron chi connectivity index (χ4n) is 2.85. The molecule has 4 heteroatoms. The van der Waals surface area contributed by atoms with Gasteiger partial charge in [-0.3, -0.25) is 4.98 Å². The Hall–Kier alpha value is -1.76. The van der Waals surface area contributed by atoms with E-state index in [1.165, 1.54) is 24.1 Å². The summed E-state index contributed by atoms with van der Waals surface area (Å²) in [7, 11) is 0. The largest absolute Gasteiger partial charge is 0.384 e. The monoisotopic (exact) mass is 300 g/mol. The van der Waals surface area contributed by atoms with E-state index < -0.39 is 0 Å². The normalized spacial score (nSPS) is 13.4. The van der Waals surface area contributed by atoms with Crippen LogP contribution >= 0.6 is 11.6 Å². The molecule has 0 radical (unpaired) electrons. The summed E-state index contributed by atoms with van der Waals surface area (Å²) in [6, 6.07) is 5.82. The first kappa shape index (κ1) is 14.2. The Bertz CT molecular complexity index is 731. The van der Waals surface area contributed by atoms with Crippen LogP contribution in [0.25, 0.3) is 10.9 Å². The molecule has 0 saturated carbocycles. The van der Waals surface area contributed by atoms with Crippen LogP contribution in [0.15, 0.2) is 18.2 Å². The number of fused-ring (bicyclic) bond motifs is 2. The Kier molecular flexibility index (Phi) is 4.28. The van der Waals surface area contributed by atoms with Crippen LogP contribution in [0.4, 0.5) is 5.69 Å². The summed E-state index contributed by atoms with van der Waals surface area (Å²) in [5.74, 6) is 5.57. The molecule has 2 N–H and O–H groups in total. The van der Waals surface area contributed by atoms with Crippen molar-refractivity contribution >= 4 is 28.2 Å². The average Bonchev–Trinajstić information content (AvgIpc) is 2.50. The van der Waals surface area contributed by atoms with E-state index in [2.05, 4.69) is 17.2 Å². The quantitative estimate of drug-likeness (QED) is 0.837. The van der Waals surface area contributed by atoms with Gasteiger partial charge >= 0.3 is 0 Å². The lowest BCUT2D eigenvalue weighted by Gasteiger charge is -2.21. The number of benzene rings is 1.